The van der Waals surface area contributed by atoms with Crippen molar-refractivity contribution in [3.05, 3.63) is 72.6 Å². The van der Waals surface area contributed by atoms with E-state index < -0.39 is 0 Å². The summed E-state index contributed by atoms with van der Waals surface area (Å²) in [5.74, 6) is -0.222. The summed E-state index contributed by atoms with van der Waals surface area (Å²) in [5, 5.41) is 8.47. The van der Waals surface area contributed by atoms with Gasteiger partial charge < -0.3 is 16.0 Å². The Morgan fingerprint density at radius 2 is 1.54 bits per heavy atom. The van der Waals surface area contributed by atoms with Gasteiger partial charge in [-0.05, 0) is 36.4 Å². The standard InChI is InChI=1S/C19H17N5O2/c1-13(25)21-15-8-5-9-16(12-15)22-18(26)17-10-11-20-19(24-17)23-14-6-3-2-4-7-14/h2-12H,1H3,(H,21,25)(H,22,26)(H,20,23,24). The maximum Gasteiger partial charge on any atom is 0.274 e. The van der Waals surface area contributed by atoms with E-state index in [1.165, 1.54) is 19.2 Å². The summed E-state index contributed by atoms with van der Waals surface area (Å²) in [6.07, 6.45) is 1.51. The molecule has 0 aliphatic carbocycles. The zero-order valence-corrected chi connectivity index (χ0v) is 14.1. The predicted molar refractivity (Wildman–Crippen MR) is 100 cm³/mol. The van der Waals surface area contributed by atoms with E-state index in [-0.39, 0.29) is 17.5 Å². The zero-order valence-electron chi connectivity index (χ0n) is 14.1. The second-order valence-corrected chi connectivity index (χ2v) is 5.47. The van der Waals surface area contributed by atoms with Crippen LogP contribution in [0.5, 0.6) is 0 Å². The zero-order chi connectivity index (χ0) is 18.4. The van der Waals surface area contributed by atoms with Crippen LogP contribution in [0.1, 0.15) is 17.4 Å². The van der Waals surface area contributed by atoms with Crippen molar-refractivity contribution >= 4 is 34.8 Å². The fourth-order valence-electron chi connectivity index (χ4n) is 2.27. The van der Waals surface area contributed by atoms with Crippen LogP contribution < -0.4 is 16.0 Å². The average Bonchev–Trinajstić information content (AvgIpc) is 2.62. The third-order valence-electron chi connectivity index (χ3n) is 3.36. The molecular formula is C19H17N5O2. The van der Waals surface area contributed by atoms with Crippen LogP contribution in [0.15, 0.2) is 66.9 Å². The third-order valence-corrected chi connectivity index (χ3v) is 3.36. The van der Waals surface area contributed by atoms with Gasteiger partial charge >= 0.3 is 0 Å². The number of hydrogen-bond donors (Lipinski definition) is 3. The van der Waals surface area contributed by atoms with Crippen LogP contribution in [-0.4, -0.2) is 21.8 Å². The van der Waals surface area contributed by atoms with Crippen LogP contribution >= 0.6 is 0 Å². The maximum absolute atomic E-state index is 12.4. The van der Waals surface area contributed by atoms with Crippen LogP contribution in [0.4, 0.5) is 23.0 Å². The van der Waals surface area contributed by atoms with Gasteiger partial charge in [0, 0.05) is 30.2 Å². The second-order valence-electron chi connectivity index (χ2n) is 5.47. The van der Waals surface area contributed by atoms with E-state index in [0.717, 1.165) is 5.69 Å². The van der Waals surface area contributed by atoms with Crippen molar-refractivity contribution < 1.29 is 9.59 Å². The van der Waals surface area contributed by atoms with Gasteiger partial charge in [0.05, 0.1) is 0 Å². The van der Waals surface area contributed by atoms with E-state index in [4.69, 9.17) is 0 Å². The highest BCUT2D eigenvalue weighted by atomic mass is 16.2. The lowest BCUT2D eigenvalue weighted by Crippen LogP contribution is -2.15. The van der Waals surface area contributed by atoms with Gasteiger partial charge in [-0.1, -0.05) is 24.3 Å². The molecule has 0 aliphatic rings. The van der Waals surface area contributed by atoms with E-state index in [9.17, 15) is 9.59 Å². The molecule has 1 heterocycles. The third kappa shape index (κ3) is 4.64. The molecule has 3 aromatic rings. The molecule has 1 aromatic heterocycles. The number of carbonyl (C=O) groups is 2. The van der Waals surface area contributed by atoms with Crippen molar-refractivity contribution in [1.29, 1.82) is 0 Å². The number of aromatic nitrogens is 2. The van der Waals surface area contributed by atoms with Gasteiger partial charge in [0.1, 0.15) is 5.69 Å². The van der Waals surface area contributed by atoms with Gasteiger partial charge in [-0.3, -0.25) is 9.59 Å². The molecule has 2 aromatic carbocycles. The van der Waals surface area contributed by atoms with Crippen LogP contribution in [0.25, 0.3) is 0 Å². The molecule has 130 valence electrons. The minimum Gasteiger partial charge on any atom is -0.326 e. The minimum atomic E-state index is -0.372. The predicted octanol–water partition coefficient (Wildman–Crippen LogP) is 3.43. The maximum atomic E-state index is 12.4. The normalized spacial score (nSPS) is 10.0. The van der Waals surface area contributed by atoms with Crippen LogP contribution in [-0.2, 0) is 4.79 Å². The number of nitrogens with one attached hydrogen (secondary N) is 3. The quantitative estimate of drug-likeness (QED) is 0.657. The Kier molecular flexibility index (Phi) is 5.19. The summed E-state index contributed by atoms with van der Waals surface area (Å²) in [5.41, 5.74) is 2.21. The lowest BCUT2D eigenvalue weighted by atomic mass is 10.2. The fourth-order valence-corrected chi connectivity index (χ4v) is 2.27. The van der Waals surface area contributed by atoms with Crippen molar-refractivity contribution in [2.75, 3.05) is 16.0 Å². The molecule has 7 nitrogen and oxygen atoms in total. The van der Waals surface area contributed by atoms with Crippen molar-refractivity contribution in [1.82, 2.24) is 9.97 Å². The molecule has 26 heavy (non-hydrogen) atoms. The van der Waals surface area contributed by atoms with E-state index in [0.29, 0.717) is 17.3 Å². The molecule has 0 fully saturated rings. The van der Waals surface area contributed by atoms with Gasteiger partial charge in [-0.15, -0.1) is 0 Å². The van der Waals surface area contributed by atoms with Crippen molar-refractivity contribution in [2.45, 2.75) is 6.92 Å². The molecule has 0 unspecified atom stereocenters. The van der Waals surface area contributed by atoms with Crippen molar-refractivity contribution in [3.63, 3.8) is 0 Å². The smallest absolute Gasteiger partial charge is 0.274 e. The van der Waals surface area contributed by atoms with Crippen LogP contribution in [0, 0.1) is 0 Å². The lowest BCUT2D eigenvalue weighted by Gasteiger charge is -2.09. The number of amides is 2. The molecule has 0 saturated carbocycles. The Hall–Kier alpha value is -3.74. The molecule has 0 saturated heterocycles. The van der Waals surface area contributed by atoms with E-state index in [1.807, 2.05) is 30.3 Å². The first-order chi connectivity index (χ1) is 12.6. The molecular weight excluding hydrogens is 330 g/mol. The monoisotopic (exact) mass is 347 g/mol. The van der Waals surface area contributed by atoms with Crippen molar-refractivity contribution in [3.8, 4) is 0 Å². The highest BCUT2D eigenvalue weighted by molar-refractivity contribution is 6.03. The lowest BCUT2D eigenvalue weighted by molar-refractivity contribution is -0.114. The SMILES string of the molecule is CC(=O)Nc1cccc(NC(=O)c2ccnc(Nc3ccccc3)n2)c1. The first kappa shape index (κ1) is 17.1. The molecule has 0 spiro atoms. The summed E-state index contributed by atoms with van der Waals surface area (Å²) in [6, 6.07) is 17.9. The molecule has 2 amide bonds. The minimum absolute atomic E-state index is 0.180. The van der Waals surface area contributed by atoms with Gasteiger partial charge in [0.2, 0.25) is 11.9 Å². The number of hydrogen-bond acceptors (Lipinski definition) is 5. The van der Waals surface area contributed by atoms with Crippen molar-refractivity contribution in [2.24, 2.45) is 0 Å². The largest absolute Gasteiger partial charge is 0.326 e. The Morgan fingerprint density at radius 3 is 2.27 bits per heavy atom. The summed E-state index contributed by atoms with van der Waals surface area (Å²) < 4.78 is 0. The Bertz CT molecular complexity index is 928. The Morgan fingerprint density at radius 1 is 0.846 bits per heavy atom. The van der Waals surface area contributed by atoms with Gasteiger partial charge in [-0.2, -0.15) is 0 Å². The van der Waals surface area contributed by atoms with Gasteiger partial charge in [0.25, 0.3) is 5.91 Å². The van der Waals surface area contributed by atoms with Crippen LogP contribution in [0.3, 0.4) is 0 Å². The van der Waals surface area contributed by atoms with E-state index in [2.05, 4.69) is 25.9 Å². The first-order valence-corrected chi connectivity index (χ1v) is 7.94. The van der Waals surface area contributed by atoms with E-state index in [1.54, 1.807) is 24.3 Å². The highest BCUT2D eigenvalue weighted by Gasteiger charge is 2.10. The summed E-state index contributed by atoms with van der Waals surface area (Å²) in [4.78, 5) is 31.9. The topological polar surface area (TPSA) is 96.0 Å². The summed E-state index contributed by atoms with van der Waals surface area (Å²) in [7, 11) is 0. The van der Waals surface area contributed by atoms with Crippen LogP contribution in [0.2, 0.25) is 0 Å². The number of carbonyl (C=O) groups excluding carboxylic acids is 2. The number of para-hydroxylation sites is 1. The number of anilines is 4. The molecule has 0 bridgehead atoms. The van der Waals surface area contributed by atoms with Gasteiger partial charge in [-0.25, -0.2) is 9.97 Å². The first-order valence-electron chi connectivity index (χ1n) is 7.94. The highest BCUT2D eigenvalue weighted by Crippen LogP contribution is 2.16. The number of benzene rings is 2. The number of nitrogens with zero attached hydrogens (tertiary/aromatic N) is 2. The summed E-state index contributed by atoms with van der Waals surface area (Å²) >= 11 is 0. The molecule has 3 N–H and O–H groups in total. The average molecular weight is 347 g/mol. The number of rotatable bonds is 5. The molecule has 7 heteroatoms. The van der Waals surface area contributed by atoms with Gasteiger partial charge in [0.15, 0.2) is 0 Å². The Labute approximate surface area is 150 Å². The second kappa shape index (κ2) is 7.89. The van der Waals surface area contributed by atoms with E-state index >= 15 is 0 Å². The molecule has 0 radical (unpaired) electrons. The molecule has 0 aliphatic heterocycles. The Balaban J connectivity index is 1.72. The summed E-state index contributed by atoms with van der Waals surface area (Å²) in [6.45, 7) is 1.42. The fraction of sp³-hybridized carbons (Fsp3) is 0.0526. The molecule has 0 atom stereocenters. The molecule has 3 rings (SSSR count).